The lowest BCUT2D eigenvalue weighted by Crippen LogP contribution is -2.57. The number of nitrogens with zero attached hydrogens (tertiary/aromatic N) is 2. The van der Waals surface area contributed by atoms with Crippen LogP contribution in [0.15, 0.2) is 42.6 Å². The largest absolute Gasteiger partial charge is 0.497 e. The fourth-order valence-corrected chi connectivity index (χ4v) is 6.74. The summed E-state index contributed by atoms with van der Waals surface area (Å²) >= 11 is 1.52. The number of pyridine rings is 1. The molecule has 1 unspecified atom stereocenters. The van der Waals surface area contributed by atoms with Crippen LogP contribution in [-0.4, -0.2) is 93.4 Å². The number of fused-ring (bicyclic) bond motifs is 3. The van der Waals surface area contributed by atoms with Crippen LogP contribution in [0.1, 0.15) is 46.5 Å². The second-order valence-corrected chi connectivity index (χ2v) is 13.8. The Morgan fingerprint density at radius 3 is 2.76 bits per heavy atom. The zero-order valence-electron chi connectivity index (χ0n) is 25.9. The second-order valence-electron chi connectivity index (χ2n) is 12.6. The van der Waals surface area contributed by atoms with E-state index in [1.54, 1.807) is 40.1 Å². The summed E-state index contributed by atoms with van der Waals surface area (Å²) in [5.41, 5.74) is -2.20. The van der Waals surface area contributed by atoms with Crippen LogP contribution in [0.25, 0.3) is 10.8 Å². The van der Waals surface area contributed by atoms with Crippen molar-refractivity contribution in [3.05, 3.63) is 42.6 Å². The van der Waals surface area contributed by atoms with Crippen LogP contribution in [0, 0.1) is 5.92 Å². The summed E-state index contributed by atoms with van der Waals surface area (Å²) in [7, 11) is 1.58. The number of thioether (sulfide) groups is 1. The molecular formula is C32H40N4O8S. The Kier molecular flexibility index (Phi) is 9.47. The molecule has 242 valence electrons. The van der Waals surface area contributed by atoms with Gasteiger partial charge in [0.1, 0.15) is 35.1 Å². The molecule has 1 aromatic carbocycles. The molecule has 1 aliphatic carbocycles. The van der Waals surface area contributed by atoms with E-state index in [1.807, 2.05) is 30.4 Å². The highest BCUT2D eigenvalue weighted by Gasteiger charge is 2.61. The van der Waals surface area contributed by atoms with Crippen molar-refractivity contribution in [1.82, 2.24) is 20.5 Å². The summed E-state index contributed by atoms with van der Waals surface area (Å²) in [6, 6.07) is 5.30. The molecule has 0 bridgehead atoms. The van der Waals surface area contributed by atoms with Gasteiger partial charge in [-0.3, -0.25) is 9.59 Å². The molecule has 12 nitrogen and oxygen atoms in total. The van der Waals surface area contributed by atoms with E-state index in [1.165, 1.54) is 16.7 Å². The summed E-state index contributed by atoms with van der Waals surface area (Å²) in [4.78, 5) is 58.9. The number of alkyl carbamates (subject to hydrolysis) is 1. The van der Waals surface area contributed by atoms with Crippen LogP contribution in [0.5, 0.6) is 11.6 Å². The molecule has 1 saturated carbocycles. The van der Waals surface area contributed by atoms with E-state index in [2.05, 4.69) is 15.6 Å². The van der Waals surface area contributed by atoms with Gasteiger partial charge in [-0.1, -0.05) is 12.2 Å². The first-order valence-electron chi connectivity index (χ1n) is 15.1. The van der Waals surface area contributed by atoms with Crippen LogP contribution >= 0.6 is 11.8 Å². The molecule has 45 heavy (non-hydrogen) atoms. The maximum absolute atomic E-state index is 14.1. The third kappa shape index (κ3) is 7.46. The number of carboxylic acid groups (broad SMARTS) is 1. The van der Waals surface area contributed by atoms with E-state index in [4.69, 9.17) is 14.2 Å². The van der Waals surface area contributed by atoms with Gasteiger partial charge < -0.3 is 34.9 Å². The molecule has 5 atom stereocenters. The molecule has 13 heteroatoms. The lowest BCUT2D eigenvalue weighted by Gasteiger charge is -2.30. The van der Waals surface area contributed by atoms with Crippen LogP contribution < -0.4 is 20.1 Å². The predicted molar refractivity (Wildman–Crippen MR) is 168 cm³/mol. The number of ether oxygens (including phenoxy) is 3. The van der Waals surface area contributed by atoms with Gasteiger partial charge in [0.2, 0.25) is 17.7 Å². The highest BCUT2D eigenvalue weighted by Crippen LogP contribution is 2.45. The fraction of sp³-hybridized carbons (Fsp3) is 0.531. The molecule has 2 fully saturated rings. The number of nitrogens with one attached hydrogen (secondary N) is 2. The number of aromatic nitrogens is 1. The average molecular weight is 641 g/mol. The molecule has 0 radical (unpaired) electrons. The van der Waals surface area contributed by atoms with Gasteiger partial charge in [0.05, 0.1) is 13.7 Å². The van der Waals surface area contributed by atoms with E-state index in [0.29, 0.717) is 11.6 Å². The minimum absolute atomic E-state index is 0.0334. The Morgan fingerprint density at radius 1 is 1.22 bits per heavy atom. The van der Waals surface area contributed by atoms with E-state index in [9.17, 15) is 24.3 Å². The van der Waals surface area contributed by atoms with Gasteiger partial charge in [0.25, 0.3) is 0 Å². The molecule has 1 saturated heterocycles. The molecule has 2 aliphatic heterocycles. The van der Waals surface area contributed by atoms with Gasteiger partial charge in [0, 0.05) is 29.7 Å². The van der Waals surface area contributed by atoms with Crippen molar-refractivity contribution in [2.75, 3.05) is 25.2 Å². The lowest BCUT2D eigenvalue weighted by molar-refractivity contribution is -0.145. The van der Waals surface area contributed by atoms with E-state index >= 15 is 0 Å². The molecule has 2 aromatic rings. The number of allylic oxidation sites excluding steroid dienone is 1. The van der Waals surface area contributed by atoms with Crippen molar-refractivity contribution in [3.63, 3.8) is 0 Å². The standard InChI is InChI=1S/C32H40N4O8S/c1-31(2,3)44-30(41)34-24-18-45-13-7-5-6-8-20-16-32(20,29(39)40)35-26(37)25-15-22(17-36(25)28(24)38)43-27-23-10-9-21(42-4)14-19(23)11-12-33-27/h6,8-12,14,20,22,24-25H,5,7,13,15-18H2,1-4H3,(H,34,41)(H,35,37)(H,39,40)/t20-,22?,24+,25+,32-/m1/s1. The van der Waals surface area contributed by atoms with Crippen molar-refractivity contribution in [3.8, 4) is 11.6 Å². The minimum atomic E-state index is -1.43. The number of amides is 3. The molecular weight excluding hydrogens is 600 g/mol. The highest BCUT2D eigenvalue weighted by molar-refractivity contribution is 7.99. The number of aliphatic carboxylic acids is 1. The maximum Gasteiger partial charge on any atom is 0.408 e. The first-order chi connectivity index (χ1) is 21.4. The maximum atomic E-state index is 14.1. The van der Waals surface area contributed by atoms with Crippen molar-refractivity contribution in [2.45, 2.75) is 75.8 Å². The molecule has 0 spiro atoms. The van der Waals surface area contributed by atoms with Crippen molar-refractivity contribution in [1.29, 1.82) is 0 Å². The van der Waals surface area contributed by atoms with E-state index < -0.39 is 53.2 Å². The Balaban J connectivity index is 1.44. The van der Waals surface area contributed by atoms with Crippen LogP contribution in [-0.2, 0) is 19.1 Å². The number of methoxy groups -OCH3 is 1. The summed E-state index contributed by atoms with van der Waals surface area (Å²) in [6.45, 7) is 5.23. The SMILES string of the molecule is COc1ccc2c(OC3C[C@H]4C(=O)N[C@]5(C(=O)O)C[C@H]5C=CCCCSC[C@H](NC(=O)OC(C)(C)C)C(=O)N4C3)nccc2c1. The normalized spacial score (nSPS) is 27.3. The van der Waals surface area contributed by atoms with Gasteiger partial charge in [-0.15, -0.1) is 0 Å². The summed E-state index contributed by atoms with van der Waals surface area (Å²) in [5, 5.41) is 17.1. The molecule has 3 heterocycles. The highest BCUT2D eigenvalue weighted by atomic mass is 32.2. The van der Waals surface area contributed by atoms with Gasteiger partial charge in [-0.2, -0.15) is 11.8 Å². The number of hydrogen-bond donors (Lipinski definition) is 3. The van der Waals surface area contributed by atoms with E-state index in [0.717, 1.165) is 29.4 Å². The van der Waals surface area contributed by atoms with E-state index in [-0.39, 0.29) is 31.1 Å². The molecule has 3 N–H and O–H groups in total. The predicted octanol–water partition coefficient (Wildman–Crippen LogP) is 3.53. The van der Waals surface area contributed by atoms with Crippen molar-refractivity contribution < 1.29 is 38.5 Å². The Hall–Kier alpha value is -4.00. The molecule has 3 amide bonds. The Labute approximate surface area is 266 Å². The number of carboxylic acids is 1. The van der Waals surface area contributed by atoms with Gasteiger partial charge in [-0.05, 0) is 75.4 Å². The molecule has 3 aliphatic rings. The summed E-state index contributed by atoms with van der Waals surface area (Å²) in [5.74, 6) is -0.502. The quantitative estimate of drug-likeness (QED) is 0.413. The first kappa shape index (κ1) is 32.4. The second kappa shape index (κ2) is 13.2. The average Bonchev–Trinajstić information content (AvgIpc) is 3.51. The third-order valence-corrected chi connectivity index (χ3v) is 9.25. The zero-order valence-corrected chi connectivity index (χ0v) is 26.7. The molecule has 5 rings (SSSR count). The van der Waals surface area contributed by atoms with Crippen LogP contribution in [0.4, 0.5) is 4.79 Å². The summed E-state index contributed by atoms with van der Waals surface area (Å²) < 4.78 is 17.1. The topological polar surface area (TPSA) is 156 Å². The number of carbonyl (C=O) groups is 4. The zero-order chi connectivity index (χ0) is 32.4. The lowest BCUT2D eigenvalue weighted by atomic mass is 10.1. The summed E-state index contributed by atoms with van der Waals surface area (Å²) in [6.07, 6.45) is 5.95. The number of rotatable bonds is 5. The van der Waals surface area contributed by atoms with Gasteiger partial charge >= 0.3 is 12.1 Å². The number of benzene rings is 1. The minimum Gasteiger partial charge on any atom is -0.497 e. The Morgan fingerprint density at radius 2 is 2.02 bits per heavy atom. The van der Waals surface area contributed by atoms with Gasteiger partial charge in [0.15, 0.2) is 0 Å². The Bertz CT molecular complexity index is 1490. The fourth-order valence-electron chi connectivity index (χ4n) is 5.74. The van der Waals surface area contributed by atoms with Crippen LogP contribution in [0.3, 0.4) is 0 Å². The number of carbonyl (C=O) groups excluding carboxylic acids is 3. The van der Waals surface area contributed by atoms with Crippen LogP contribution in [0.2, 0.25) is 0 Å². The first-order valence-corrected chi connectivity index (χ1v) is 16.2. The molecule has 1 aromatic heterocycles. The van der Waals surface area contributed by atoms with Crippen molar-refractivity contribution in [2.24, 2.45) is 5.92 Å². The smallest absolute Gasteiger partial charge is 0.408 e. The monoisotopic (exact) mass is 640 g/mol. The number of hydrogen-bond acceptors (Lipinski definition) is 9. The van der Waals surface area contributed by atoms with Gasteiger partial charge in [-0.25, -0.2) is 14.6 Å². The van der Waals surface area contributed by atoms with Crippen molar-refractivity contribution >= 4 is 46.4 Å². The third-order valence-electron chi connectivity index (χ3n) is 8.11.